The maximum atomic E-state index is 5.88. The summed E-state index contributed by atoms with van der Waals surface area (Å²) in [6, 6.07) is 15.3. The normalized spacial score (nSPS) is 10.2. The van der Waals surface area contributed by atoms with Crippen LogP contribution in [0, 0.1) is 0 Å². The second kappa shape index (κ2) is 5.71. The van der Waals surface area contributed by atoms with Gasteiger partial charge in [0.05, 0.1) is 0 Å². The first-order chi connectivity index (χ1) is 8.28. The molecule has 0 aromatic heterocycles. The van der Waals surface area contributed by atoms with Crippen molar-refractivity contribution in [1.82, 2.24) is 0 Å². The van der Waals surface area contributed by atoms with Crippen LogP contribution in [-0.2, 0) is 6.42 Å². The van der Waals surface area contributed by atoms with Gasteiger partial charge in [0.25, 0.3) is 0 Å². The fourth-order valence-electron chi connectivity index (χ4n) is 1.56. The fraction of sp³-hybridized carbons (Fsp3) is 0.143. The quantitative estimate of drug-likeness (QED) is 0.895. The molecule has 2 nitrogen and oxygen atoms in total. The van der Waals surface area contributed by atoms with E-state index in [1.54, 1.807) is 6.07 Å². The second-order valence-electron chi connectivity index (χ2n) is 3.74. The molecule has 0 saturated heterocycles. The van der Waals surface area contributed by atoms with Gasteiger partial charge in [0, 0.05) is 5.02 Å². The first kappa shape index (κ1) is 12.0. The zero-order valence-electron chi connectivity index (χ0n) is 9.40. The van der Waals surface area contributed by atoms with Crippen molar-refractivity contribution in [1.29, 1.82) is 0 Å². The van der Waals surface area contributed by atoms with Gasteiger partial charge in [0.1, 0.15) is 11.5 Å². The van der Waals surface area contributed by atoms with E-state index in [0.717, 1.165) is 17.9 Å². The lowest BCUT2D eigenvalue weighted by molar-refractivity contribution is 0.482. The van der Waals surface area contributed by atoms with Gasteiger partial charge >= 0.3 is 0 Å². The third-order valence-electron chi connectivity index (χ3n) is 2.39. The van der Waals surface area contributed by atoms with Crippen molar-refractivity contribution in [3.8, 4) is 11.5 Å². The molecule has 2 N–H and O–H groups in total. The molecule has 0 bridgehead atoms. The smallest absolute Gasteiger partial charge is 0.128 e. The van der Waals surface area contributed by atoms with Crippen LogP contribution in [0.15, 0.2) is 48.5 Å². The molecule has 0 saturated carbocycles. The van der Waals surface area contributed by atoms with Crippen LogP contribution in [0.2, 0.25) is 5.02 Å². The number of ether oxygens (including phenoxy) is 1. The molecule has 0 aliphatic heterocycles. The van der Waals surface area contributed by atoms with Gasteiger partial charge in [0.2, 0.25) is 0 Å². The minimum atomic E-state index is 0.661. The predicted octanol–water partition coefficient (Wildman–Crippen LogP) is 3.63. The molecule has 0 spiro atoms. The molecule has 0 aliphatic rings. The number of nitrogens with two attached hydrogens (primary N) is 1. The fourth-order valence-corrected chi connectivity index (χ4v) is 1.74. The van der Waals surface area contributed by atoms with Crippen LogP contribution in [0.5, 0.6) is 11.5 Å². The highest BCUT2D eigenvalue weighted by Gasteiger charge is 1.98. The average Bonchev–Trinajstić information content (AvgIpc) is 2.32. The number of rotatable bonds is 4. The second-order valence-corrected chi connectivity index (χ2v) is 4.18. The van der Waals surface area contributed by atoms with E-state index in [-0.39, 0.29) is 0 Å². The molecule has 2 aromatic rings. The Labute approximate surface area is 106 Å². The summed E-state index contributed by atoms with van der Waals surface area (Å²) in [5, 5.41) is 0.669. The lowest BCUT2D eigenvalue weighted by Gasteiger charge is -2.06. The molecule has 0 unspecified atom stereocenters. The van der Waals surface area contributed by atoms with Crippen LogP contribution < -0.4 is 10.5 Å². The minimum absolute atomic E-state index is 0.661. The zero-order chi connectivity index (χ0) is 12.1. The molecule has 88 valence electrons. The van der Waals surface area contributed by atoms with Crippen molar-refractivity contribution in [3.63, 3.8) is 0 Å². The molecule has 3 heteroatoms. The standard InChI is InChI=1S/C14H14ClNO/c15-12-2-1-3-14(10-12)17-13-6-4-11(5-7-13)8-9-16/h1-7,10H,8-9,16H2. The summed E-state index contributed by atoms with van der Waals surface area (Å²) in [6.07, 6.45) is 0.886. The van der Waals surface area contributed by atoms with Crippen LogP contribution in [0.25, 0.3) is 0 Å². The third-order valence-corrected chi connectivity index (χ3v) is 2.62. The number of benzene rings is 2. The van der Waals surface area contributed by atoms with Gasteiger partial charge in [-0.25, -0.2) is 0 Å². The van der Waals surface area contributed by atoms with Crippen LogP contribution in [0.1, 0.15) is 5.56 Å². The van der Waals surface area contributed by atoms with Gasteiger partial charge in [-0.2, -0.15) is 0 Å². The molecule has 0 radical (unpaired) electrons. The Balaban J connectivity index is 2.08. The average molecular weight is 248 g/mol. The largest absolute Gasteiger partial charge is 0.457 e. The SMILES string of the molecule is NCCc1ccc(Oc2cccc(Cl)c2)cc1. The highest BCUT2D eigenvalue weighted by atomic mass is 35.5. The van der Waals surface area contributed by atoms with Crippen molar-refractivity contribution >= 4 is 11.6 Å². The molecular weight excluding hydrogens is 234 g/mol. The Bertz CT molecular complexity index is 482. The summed E-state index contributed by atoms with van der Waals surface area (Å²) in [7, 11) is 0. The number of hydrogen-bond donors (Lipinski definition) is 1. The Hall–Kier alpha value is -1.51. The molecule has 0 aliphatic carbocycles. The van der Waals surface area contributed by atoms with Crippen molar-refractivity contribution in [3.05, 3.63) is 59.1 Å². The van der Waals surface area contributed by atoms with E-state index in [1.165, 1.54) is 5.56 Å². The Kier molecular flexibility index (Phi) is 4.02. The Morgan fingerprint density at radius 3 is 2.41 bits per heavy atom. The topological polar surface area (TPSA) is 35.2 Å². The predicted molar refractivity (Wildman–Crippen MR) is 70.7 cm³/mol. The molecule has 0 heterocycles. The molecule has 2 aromatic carbocycles. The van der Waals surface area contributed by atoms with Gasteiger partial charge in [-0.05, 0) is 48.9 Å². The zero-order valence-corrected chi connectivity index (χ0v) is 10.2. The van der Waals surface area contributed by atoms with Gasteiger partial charge in [0.15, 0.2) is 0 Å². The number of halogens is 1. The Morgan fingerprint density at radius 1 is 1.00 bits per heavy atom. The number of hydrogen-bond acceptors (Lipinski definition) is 2. The minimum Gasteiger partial charge on any atom is -0.457 e. The van der Waals surface area contributed by atoms with Gasteiger partial charge in [-0.15, -0.1) is 0 Å². The van der Waals surface area contributed by atoms with Gasteiger partial charge in [-0.1, -0.05) is 29.8 Å². The van der Waals surface area contributed by atoms with Crippen LogP contribution in [-0.4, -0.2) is 6.54 Å². The van der Waals surface area contributed by atoms with Crippen LogP contribution in [0.3, 0.4) is 0 Å². The van der Waals surface area contributed by atoms with Crippen molar-refractivity contribution in [2.24, 2.45) is 5.73 Å². The highest BCUT2D eigenvalue weighted by molar-refractivity contribution is 6.30. The molecule has 17 heavy (non-hydrogen) atoms. The van der Waals surface area contributed by atoms with E-state index >= 15 is 0 Å². The monoisotopic (exact) mass is 247 g/mol. The summed E-state index contributed by atoms with van der Waals surface area (Å²) < 4.78 is 5.68. The Morgan fingerprint density at radius 2 is 1.76 bits per heavy atom. The van der Waals surface area contributed by atoms with E-state index < -0.39 is 0 Å². The van der Waals surface area contributed by atoms with Gasteiger partial charge < -0.3 is 10.5 Å². The van der Waals surface area contributed by atoms with Crippen LogP contribution in [0.4, 0.5) is 0 Å². The maximum absolute atomic E-state index is 5.88. The summed E-state index contributed by atoms with van der Waals surface area (Å²) in [6.45, 7) is 0.661. The lowest BCUT2D eigenvalue weighted by atomic mass is 10.1. The molecular formula is C14H14ClNO. The summed E-state index contributed by atoms with van der Waals surface area (Å²) in [5.74, 6) is 1.54. The lowest BCUT2D eigenvalue weighted by Crippen LogP contribution is -2.02. The van der Waals surface area contributed by atoms with E-state index in [0.29, 0.717) is 11.6 Å². The van der Waals surface area contributed by atoms with Crippen molar-refractivity contribution in [2.75, 3.05) is 6.54 Å². The van der Waals surface area contributed by atoms with Crippen molar-refractivity contribution < 1.29 is 4.74 Å². The first-order valence-corrected chi connectivity index (χ1v) is 5.88. The molecule has 0 atom stereocenters. The summed E-state index contributed by atoms with van der Waals surface area (Å²) in [4.78, 5) is 0. The molecule has 0 amide bonds. The molecule has 0 fully saturated rings. The molecule has 2 rings (SSSR count). The van der Waals surface area contributed by atoms with E-state index in [4.69, 9.17) is 22.1 Å². The first-order valence-electron chi connectivity index (χ1n) is 5.50. The van der Waals surface area contributed by atoms with Gasteiger partial charge in [-0.3, -0.25) is 0 Å². The highest BCUT2D eigenvalue weighted by Crippen LogP contribution is 2.24. The van der Waals surface area contributed by atoms with E-state index in [1.807, 2.05) is 42.5 Å². The summed E-state index contributed by atoms with van der Waals surface area (Å²) >= 11 is 5.88. The van der Waals surface area contributed by atoms with Crippen LogP contribution >= 0.6 is 11.6 Å². The van der Waals surface area contributed by atoms with Crippen molar-refractivity contribution in [2.45, 2.75) is 6.42 Å². The summed E-state index contributed by atoms with van der Waals surface area (Å²) in [5.41, 5.74) is 6.71. The third kappa shape index (κ3) is 3.48. The van der Waals surface area contributed by atoms with E-state index in [2.05, 4.69) is 0 Å². The maximum Gasteiger partial charge on any atom is 0.128 e. The van der Waals surface area contributed by atoms with E-state index in [9.17, 15) is 0 Å².